The quantitative estimate of drug-likeness (QED) is 0.0404. The van der Waals surface area contributed by atoms with Crippen molar-refractivity contribution in [1.82, 2.24) is 0 Å². The number of methoxy groups -OCH3 is 2. The molecule has 5 fully saturated rings. The molecule has 0 bridgehead atoms. The second-order valence-electron chi connectivity index (χ2n) is 18.3. The lowest BCUT2D eigenvalue weighted by Crippen LogP contribution is -2.60. The minimum absolute atomic E-state index is 0.00201. The Morgan fingerprint density at radius 1 is 0.250 bits per heavy atom. The van der Waals surface area contributed by atoms with Gasteiger partial charge in [0, 0.05) is 43.8 Å². The lowest BCUT2D eigenvalue weighted by molar-refractivity contribution is -0.256. The number of aliphatic hydroxyl groups excluding tert-OH is 15. The third kappa shape index (κ3) is 13.8. The number of aliphatic hydroxyl groups is 15. The summed E-state index contributed by atoms with van der Waals surface area (Å²) < 4.78 is 62.7. The lowest BCUT2D eigenvalue weighted by atomic mass is 9.86. The Balaban J connectivity index is 1.19. The molecule has 0 spiro atoms. The summed E-state index contributed by atoms with van der Waals surface area (Å²) in [5.74, 6) is -4.47. The fourth-order valence-corrected chi connectivity index (χ4v) is 9.75. The van der Waals surface area contributed by atoms with Gasteiger partial charge in [0.2, 0.25) is 0 Å². The molecule has 0 saturated carbocycles. The molecule has 26 heteroatoms. The van der Waals surface area contributed by atoms with Crippen molar-refractivity contribution in [3.8, 4) is 0 Å². The minimum Gasteiger partial charge on any atom is -0.394 e. The third-order valence-corrected chi connectivity index (χ3v) is 13.9. The van der Waals surface area contributed by atoms with E-state index < -0.39 is 191 Å². The number of rotatable bonds is 25. The molecule has 0 radical (unpaired) electrons. The van der Waals surface area contributed by atoms with E-state index in [2.05, 4.69) is 0 Å². The predicted molar refractivity (Wildman–Crippen MR) is 223 cm³/mol. The Morgan fingerprint density at radius 3 is 0.735 bits per heavy atom. The van der Waals surface area contributed by atoms with Crippen molar-refractivity contribution < 1.29 is 129 Å². The topological polar surface area (TPSA) is 405 Å². The van der Waals surface area contributed by atoms with Crippen LogP contribution in [0.5, 0.6) is 0 Å². The van der Waals surface area contributed by atoms with Gasteiger partial charge in [0.15, 0.2) is 0 Å². The Morgan fingerprint density at radius 2 is 0.456 bits per heavy atom. The molecule has 5 aliphatic rings. The highest BCUT2D eigenvalue weighted by Crippen LogP contribution is 2.33. The second-order valence-corrected chi connectivity index (χ2v) is 18.3. The average molecular weight is 997 g/mol. The van der Waals surface area contributed by atoms with E-state index in [-0.39, 0.29) is 59.5 Å². The van der Waals surface area contributed by atoms with Gasteiger partial charge in [-0.3, -0.25) is 0 Å². The van der Waals surface area contributed by atoms with E-state index in [1.54, 1.807) is 0 Å². The SMILES string of the molecule is COCC1C(CO)OC(COCC2OC(COCC3C(CO)OC(COCC4C(CO)OC(CO)C(O)C4O)C(O)C3O)C(O)C(O)C2COCC2OC(CO)C(COC)C(O)C2O)C(O)C1O. The highest BCUT2D eigenvalue weighted by molar-refractivity contribution is 4.97. The highest BCUT2D eigenvalue weighted by Gasteiger charge is 2.50. The average Bonchev–Trinajstić information content (AvgIpc) is 3.33. The third-order valence-electron chi connectivity index (χ3n) is 13.9. The highest BCUT2D eigenvalue weighted by atomic mass is 16.6. The number of hydrogen-bond acceptors (Lipinski definition) is 26. The van der Waals surface area contributed by atoms with Gasteiger partial charge in [-0.05, 0) is 0 Å². The molecule has 26 nitrogen and oxygen atoms in total. The summed E-state index contributed by atoms with van der Waals surface area (Å²) in [6, 6.07) is 0. The Kier molecular flexibility index (Phi) is 23.7. The van der Waals surface area contributed by atoms with Crippen molar-refractivity contribution in [1.29, 1.82) is 0 Å². The van der Waals surface area contributed by atoms with Crippen LogP contribution in [-0.4, -0.2) is 312 Å². The van der Waals surface area contributed by atoms with Crippen LogP contribution in [0.1, 0.15) is 0 Å². The Hall–Kier alpha value is -1.04. The summed E-state index contributed by atoms with van der Waals surface area (Å²) in [6.45, 7) is -5.44. The van der Waals surface area contributed by atoms with Crippen LogP contribution in [0.4, 0.5) is 0 Å². The molecule has 25 unspecified atom stereocenters. The zero-order chi connectivity index (χ0) is 49.8. The van der Waals surface area contributed by atoms with Crippen LogP contribution >= 0.6 is 0 Å². The molecule has 5 heterocycles. The van der Waals surface area contributed by atoms with Gasteiger partial charge in [0.25, 0.3) is 0 Å². The first-order chi connectivity index (χ1) is 32.6. The number of hydrogen-bond donors (Lipinski definition) is 15. The maximum atomic E-state index is 11.5. The molecular weight excluding hydrogens is 920 g/mol. The van der Waals surface area contributed by atoms with E-state index in [0.717, 1.165) is 0 Å². The van der Waals surface area contributed by atoms with E-state index in [1.165, 1.54) is 14.2 Å². The van der Waals surface area contributed by atoms with Crippen LogP contribution in [0.2, 0.25) is 0 Å². The van der Waals surface area contributed by atoms with Gasteiger partial charge in [-0.2, -0.15) is 0 Å². The monoisotopic (exact) mass is 996 g/mol. The minimum atomic E-state index is -1.61. The first kappa shape index (κ1) is 57.9. The molecule has 400 valence electrons. The van der Waals surface area contributed by atoms with Gasteiger partial charge in [-0.25, -0.2) is 0 Å². The van der Waals surface area contributed by atoms with Gasteiger partial charge in [0.05, 0.1) is 160 Å². The summed E-state index contributed by atoms with van der Waals surface area (Å²) in [5.41, 5.74) is 0. The normalized spacial score (nSPS) is 45.9. The van der Waals surface area contributed by atoms with Crippen molar-refractivity contribution in [2.24, 2.45) is 29.6 Å². The molecule has 0 aliphatic carbocycles. The summed E-state index contributed by atoms with van der Waals surface area (Å²) in [6.07, 6.45) is -25.5. The molecule has 0 aromatic heterocycles. The molecular formula is C42H76O26. The van der Waals surface area contributed by atoms with Crippen LogP contribution in [0.15, 0.2) is 0 Å². The van der Waals surface area contributed by atoms with Gasteiger partial charge < -0.3 is 129 Å². The largest absolute Gasteiger partial charge is 0.394 e. The smallest absolute Gasteiger partial charge is 0.110 e. The van der Waals surface area contributed by atoms with E-state index in [4.69, 9.17) is 52.1 Å². The first-order valence-electron chi connectivity index (χ1n) is 23.0. The van der Waals surface area contributed by atoms with E-state index >= 15 is 0 Å². The molecule has 5 rings (SSSR count). The number of ether oxygens (including phenoxy) is 11. The standard InChI is InChI=1S/C42H76O26/c1-58-8-18-23(3-43)65-29(39(54)33(18)48)15-62-12-22-28(13-63-17-31-40(55)34(49)19(9-59-2)24(4-44)66-31)68-32(42(57)37(22)52)16-61-11-21-26(6-46)67-30(41(56)36(21)51)14-60-10-20-25(5-45)64-27(7-47)38(53)35(20)50/h18-57H,3-17H2,1-2H3. The Bertz CT molecular complexity index is 1400. The molecule has 5 saturated heterocycles. The van der Waals surface area contributed by atoms with Gasteiger partial charge in [-0.15, -0.1) is 0 Å². The fraction of sp³-hybridized carbons (Fsp3) is 1.00. The maximum absolute atomic E-state index is 11.5. The fourth-order valence-electron chi connectivity index (χ4n) is 9.75. The molecule has 15 N–H and O–H groups in total. The van der Waals surface area contributed by atoms with Crippen molar-refractivity contribution in [3.05, 3.63) is 0 Å². The predicted octanol–water partition coefficient (Wildman–Crippen LogP) is -9.17. The van der Waals surface area contributed by atoms with E-state index in [0.29, 0.717) is 0 Å². The maximum Gasteiger partial charge on any atom is 0.110 e. The summed E-state index contributed by atoms with van der Waals surface area (Å²) in [5, 5.41) is 158. The summed E-state index contributed by atoms with van der Waals surface area (Å²) >= 11 is 0. The van der Waals surface area contributed by atoms with Crippen molar-refractivity contribution in [3.63, 3.8) is 0 Å². The molecule has 25 atom stereocenters. The second kappa shape index (κ2) is 27.9. The van der Waals surface area contributed by atoms with Gasteiger partial charge in [0.1, 0.15) is 61.0 Å². The molecule has 5 aliphatic heterocycles. The molecule has 0 amide bonds. The van der Waals surface area contributed by atoms with Crippen LogP contribution in [0.3, 0.4) is 0 Å². The van der Waals surface area contributed by atoms with Gasteiger partial charge in [-0.1, -0.05) is 0 Å². The first-order valence-corrected chi connectivity index (χ1v) is 23.0. The molecule has 0 aromatic carbocycles. The van der Waals surface area contributed by atoms with Crippen LogP contribution < -0.4 is 0 Å². The van der Waals surface area contributed by atoms with Crippen molar-refractivity contribution >= 4 is 0 Å². The van der Waals surface area contributed by atoms with Crippen molar-refractivity contribution in [2.75, 3.05) is 113 Å². The van der Waals surface area contributed by atoms with E-state index in [9.17, 15) is 76.6 Å². The lowest BCUT2D eigenvalue weighted by Gasteiger charge is -2.45. The Labute approximate surface area is 393 Å². The van der Waals surface area contributed by atoms with Gasteiger partial charge >= 0.3 is 0 Å². The molecule has 68 heavy (non-hydrogen) atoms. The summed E-state index contributed by atoms with van der Waals surface area (Å²) in [7, 11) is 2.79. The molecule has 0 aromatic rings. The van der Waals surface area contributed by atoms with Crippen LogP contribution in [-0.2, 0) is 52.1 Å². The zero-order valence-corrected chi connectivity index (χ0v) is 38.2. The zero-order valence-electron chi connectivity index (χ0n) is 38.2. The van der Waals surface area contributed by atoms with Crippen molar-refractivity contribution in [2.45, 2.75) is 122 Å². The van der Waals surface area contributed by atoms with E-state index in [1.807, 2.05) is 0 Å². The van der Waals surface area contributed by atoms with Crippen LogP contribution in [0.25, 0.3) is 0 Å². The summed E-state index contributed by atoms with van der Waals surface area (Å²) in [4.78, 5) is 0. The van der Waals surface area contributed by atoms with Crippen LogP contribution in [0, 0.1) is 29.6 Å².